The molecular weight excluding hydrogens is 338 g/mol. The molecule has 2 amide bonds. The van der Waals surface area contributed by atoms with E-state index >= 15 is 0 Å². The van der Waals surface area contributed by atoms with Crippen LogP contribution in [-0.4, -0.2) is 44.1 Å². The largest absolute Gasteiger partial charge is 0.468 e. The van der Waals surface area contributed by atoms with Gasteiger partial charge in [-0.3, -0.25) is 14.5 Å². The second-order valence-electron chi connectivity index (χ2n) is 6.08. The van der Waals surface area contributed by atoms with E-state index in [0.717, 1.165) is 11.3 Å². The minimum atomic E-state index is -0.695. The number of rotatable bonds is 6. The van der Waals surface area contributed by atoms with Gasteiger partial charge in [0.15, 0.2) is 11.5 Å². The minimum absolute atomic E-state index is 0.157. The number of nitrogens with zero attached hydrogens (tertiary/aromatic N) is 1. The molecule has 2 aromatic rings. The average molecular weight is 359 g/mol. The van der Waals surface area contributed by atoms with Gasteiger partial charge in [-0.15, -0.1) is 0 Å². The summed E-state index contributed by atoms with van der Waals surface area (Å²) in [5, 5.41) is 5.23. The number of amides is 2. The highest BCUT2D eigenvalue weighted by Crippen LogP contribution is 2.32. The molecule has 26 heavy (non-hydrogen) atoms. The summed E-state index contributed by atoms with van der Waals surface area (Å²) < 4.78 is 15.9. The van der Waals surface area contributed by atoms with Gasteiger partial charge in [0.2, 0.25) is 6.79 Å². The van der Waals surface area contributed by atoms with E-state index < -0.39 is 11.8 Å². The number of likely N-dealkylation sites (N-methyl/N-ethyl adjacent to an activating group) is 1. The quantitative estimate of drug-likeness (QED) is 0.749. The van der Waals surface area contributed by atoms with Gasteiger partial charge >= 0.3 is 11.8 Å². The summed E-state index contributed by atoms with van der Waals surface area (Å²) in [5.74, 6) is 0.638. The molecule has 0 unspecified atom stereocenters. The number of furan rings is 1. The first-order valence-corrected chi connectivity index (χ1v) is 8.19. The molecule has 0 spiro atoms. The number of fused-ring (bicyclic) bond motifs is 1. The molecule has 2 heterocycles. The van der Waals surface area contributed by atoms with Crippen molar-refractivity contribution in [3.05, 3.63) is 47.9 Å². The fourth-order valence-corrected chi connectivity index (χ4v) is 2.60. The molecule has 0 saturated carbocycles. The maximum atomic E-state index is 12.0. The standard InChI is InChI=1S/C18H21N3O5/c1-21(2)13(14-4-3-7-24-14)10-20-18(23)17(22)19-9-12-5-6-15-16(8-12)26-11-25-15/h3-8,13H,9-11H2,1-2H3,(H,19,22)(H,20,23)/t13-/m1/s1. The van der Waals surface area contributed by atoms with Crippen molar-refractivity contribution in [2.24, 2.45) is 0 Å². The summed E-state index contributed by atoms with van der Waals surface area (Å²) in [6, 6.07) is 8.82. The van der Waals surface area contributed by atoms with Gasteiger partial charge in [0.25, 0.3) is 0 Å². The van der Waals surface area contributed by atoms with E-state index in [2.05, 4.69) is 10.6 Å². The van der Waals surface area contributed by atoms with E-state index in [1.54, 1.807) is 24.5 Å². The molecule has 0 fully saturated rings. The number of hydrogen-bond donors (Lipinski definition) is 2. The van der Waals surface area contributed by atoms with Crippen molar-refractivity contribution < 1.29 is 23.5 Å². The van der Waals surface area contributed by atoms with Crippen molar-refractivity contribution in [1.82, 2.24) is 15.5 Å². The zero-order valence-electron chi connectivity index (χ0n) is 14.7. The normalized spacial score (nSPS) is 13.5. The number of hydrogen-bond acceptors (Lipinski definition) is 6. The van der Waals surface area contributed by atoms with Crippen molar-refractivity contribution in [3.8, 4) is 11.5 Å². The highest BCUT2D eigenvalue weighted by Gasteiger charge is 2.20. The second-order valence-corrected chi connectivity index (χ2v) is 6.08. The molecule has 0 saturated heterocycles. The SMILES string of the molecule is CN(C)[C@H](CNC(=O)C(=O)NCc1ccc2c(c1)OCO2)c1ccco1. The van der Waals surface area contributed by atoms with Crippen LogP contribution in [0.2, 0.25) is 0 Å². The number of benzene rings is 1. The number of carbonyl (C=O) groups is 2. The molecule has 0 bridgehead atoms. The van der Waals surface area contributed by atoms with Crippen LogP contribution in [0.3, 0.4) is 0 Å². The van der Waals surface area contributed by atoms with Gasteiger partial charge in [-0.05, 0) is 43.9 Å². The molecule has 1 aliphatic rings. The van der Waals surface area contributed by atoms with Crippen LogP contribution in [0.5, 0.6) is 11.5 Å². The van der Waals surface area contributed by atoms with Crippen molar-refractivity contribution in [2.75, 3.05) is 27.4 Å². The predicted molar refractivity (Wildman–Crippen MR) is 92.6 cm³/mol. The van der Waals surface area contributed by atoms with Crippen molar-refractivity contribution in [1.29, 1.82) is 0 Å². The van der Waals surface area contributed by atoms with Crippen LogP contribution < -0.4 is 20.1 Å². The van der Waals surface area contributed by atoms with Gasteiger partial charge in [0, 0.05) is 13.1 Å². The van der Waals surface area contributed by atoms with E-state index in [-0.39, 0.29) is 25.9 Å². The molecule has 1 aromatic heterocycles. The fraction of sp³-hybridized carbons (Fsp3) is 0.333. The molecular formula is C18H21N3O5. The minimum Gasteiger partial charge on any atom is -0.468 e. The van der Waals surface area contributed by atoms with Gasteiger partial charge in [0.05, 0.1) is 12.3 Å². The Morgan fingerprint density at radius 3 is 2.62 bits per heavy atom. The summed E-state index contributed by atoms with van der Waals surface area (Å²) in [6.07, 6.45) is 1.58. The predicted octanol–water partition coefficient (Wildman–Crippen LogP) is 1.04. The van der Waals surface area contributed by atoms with Crippen molar-refractivity contribution in [2.45, 2.75) is 12.6 Å². The van der Waals surface area contributed by atoms with Gasteiger partial charge in [-0.25, -0.2) is 0 Å². The summed E-state index contributed by atoms with van der Waals surface area (Å²) in [5.41, 5.74) is 0.817. The smallest absolute Gasteiger partial charge is 0.309 e. The van der Waals surface area contributed by atoms with Gasteiger partial charge in [-0.2, -0.15) is 0 Å². The Bertz CT molecular complexity index is 773. The Labute approximate surface area is 151 Å². The molecule has 3 rings (SSSR count). The van der Waals surface area contributed by atoms with E-state index in [9.17, 15) is 9.59 Å². The first-order chi connectivity index (χ1) is 12.5. The third-order valence-corrected chi connectivity index (χ3v) is 4.05. The van der Waals surface area contributed by atoms with Crippen LogP contribution in [0.4, 0.5) is 0 Å². The summed E-state index contributed by atoms with van der Waals surface area (Å²) in [6.45, 7) is 0.672. The van der Waals surface area contributed by atoms with E-state index in [4.69, 9.17) is 13.9 Å². The van der Waals surface area contributed by atoms with Crippen LogP contribution in [0.1, 0.15) is 17.4 Å². The Morgan fingerprint density at radius 1 is 1.12 bits per heavy atom. The number of carbonyl (C=O) groups excluding carboxylic acids is 2. The van der Waals surface area contributed by atoms with Crippen LogP contribution in [-0.2, 0) is 16.1 Å². The molecule has 0 radical (unpaired) electrons. The highest BCUT2D eigenvalue weighted by molar-refractivity contribution is 6.35. The van der Waals surface area contributed by atoms with Gasteiger partial charge in [-0.1, -0.05) is 6.07 Å². The Morgan fingerprint density at radius 2 is 1.88 bits per heavy atom. The molecule has 138 valence electrons. The molecule has 1 aromatic carbocycles. The lowest BCUT2D eigenvalue weighted by atomic mass is 10.2. The zero-order chi connectivity index (χ0) is 18.5. The maximum Gasteiger partial charge on any atom is 0.309 e. The molecule has 8 heteroatoms. The fourth-order valence-electron chi connectivity index (χ4n) is 2.60. The van der Waals surface area contributed by atoms with Gasteiger partial charge < -0.3 is 24.5 Å². The lowest BCUT2D eigenvalue weighted by Gasteiger charge is -2.22. The number of ether oxygens (including phenoxy) is 2. The molecule has 1 atom stereocenters. The van der Waals surface area contributed by atoms with E-state index in [0.29, 0.717) is 11.5 Å². The summed E-state index contributed by atoms with van der Waals surface area (Å²) >= 11 is 0. The van der Waals surface area contributed by atoms with Crippen LogP contribution in [0.25, 0.3) is 0 Å². The topological polar surface area (TPSA) is 93.0 Å². The molecule has 2 N–H and O–H groups in total. The third kappa shape index (κ3) is 4.15. The monoisotopic (exact) mass is 359 g/mol. The Balaban J connectivity index is 1.49. The highest BCUT2D eigenvalue weighted by atomic mass is 16.7. The van der Waals surface area contributed by atoms with Crippen molar-refractivity contribution >= 4 is 11.8 Å². The van der Waals surface area contributed by atoms with Crippen LogP contribution in [0, 0.1) is 0 Å². The zero-order valence-corrected chi connectivity index (χ0v) is 14.7. The Kier molecular flexibility index (Phi) is 5.43. The second kappa shape index (κ2) is 7.92. The van der Waals surface area contributed by atoms with Crippen molar-refractivity contribution in [3.63, 3.8) is 0 Å². The third-order valence-electron chi connectivity index (χ3n) is 4.05. The summed E-state index contributed by atoms with van der Waals surface area (Å²) in [7, 11) is 3.75. The first-order valence-electron chi connectivity index (χ1n) is 8.19. The first kappa shape index (κ1) is 17.8. The maximum absolute atomic E-state index is 12.0. The molecule has 8 nitrogen and oxygen atoms in total. The van der Waals surface area contributed by atoms with Crippen LogP contribution in [0.15, 0.2) is 41.0 Å². The Hall–Kier alpha value is -3.00. The van der Waals surface area contributed by atoms with Gasteiger partial charge in [0.1, 0.15) is 5.76 Å². The summed E-state index contributed by atoms with van der Waals surface area (Å²) in [4.78, 5) is 25.9. The molecule has 0 aliphatic carbocycles. The molecule has 1 aliphatic heterocycles. The lowest BCUT2D eigenvalue weighted by Crippen LogP contribution is -2.42. The van der Waals surface area contributed by atoms with E-state index in [1.807, 2.05) is 31.1 Å². The average Bonchev–Trinajstić information content (AvgIpc) is 3.30. The van der Waals surface area contributed by atoms with Crippen LogP contribution >= 0.6 is 0 Å². The lowest BCUT2D eigenvalue weighted by molar-refractivity contribution is -0.139. The number of nitrogens with one attached hydrogen (secondary N) is 2. The van der Waals surface area contributed by atoms with E-state index in [1.165, 1.54) is 0 Å².